The highest BCUT2D eigenvalue weighted by atomic mass is 35.5. The number of amides is 4. The summed E-state index contributed by atoms with van der Waals surface area (Å²) in [5.41, 5.74) is 4.09. The Balaban J connectivity index is 1.31. The number of hydrogen-bond acceptors (Lipinski definition) is 6. The number of imide groups is 2. The molecular formula is C40H30ClF2N3O5. The summed E-state index contributed by atoms with van der Waals surface area (Å²) in [6, 6.07) is 22.5. The first-order valence-electron chi connectivity index (χ1n) is 16.5. The SMILES string of the molecule is C=Cc1ccc(N2C(=O)C3CC=C4C(CC5C(=O)N(Nc6ccc(F)cc6)C(=O)C5(c5ccc(Cl)cc5)C4c4ccc(O)c(F)c4)C3C2=O)cc1. The van der Waals surface area contributed by atoms with Crippen LogP contribution in [0.4, 0.5) is 20.2 Å². The minimum absolute atomic E-state index is 0.0289. The summed E-state index contributed by atoms with van der Waals surface area (Å²) in [5, 5.41) is 11.5. The Morgan fingerprint density at radius 3 is 2.24 bits per heavy atom. The fourth-order valence-corrected chi connectivity index (χ4v) is 8.87. The van der Waals surface area contributed by atoms with Crippen LogP contribution < -0.4 is 10.3 Å². The number of halogens is 3. The van der Waals surface area contributed by atoms with Gasteiger partial charge in [-0.05, 0) is 96.1 Å². The van der Waals surface area contributed by atoms with Crippen molar-refractivity contribution < 1.29 is 33.1 Å². The fraction of sp³-hybridized carbons (Fsp3) is 0.200. The number of anilines is 2. The highest BCUT2D eigenvalue weighted by Gasteiger charge is 2.70. The van der Waals surface area contributed by atoms with Crippen LogP contribution in [0.2, 0.25) is 5.02 Å². The van der Waals surface area contributed by atoms with E-state index in [-0.39, 0.29) is 24.4 Å². The van der Waals surface area contributed by atoms with Crippen molar-refractivity contribution in [3.63, 3.8) is 0 Å². The lowest BCUT2D eigenvalue weighted by Gasteiger charge is -2.50. The number of nitrogens with one attached hydrogen (secondary N) is 1. The van der Waals surface area contributed by atoms with Crippen LogP contribution in [0.15, 0.2) is 109 Å². The van der Waals surface area contributed by atoms with Crippen molar-refractivity contribution in [1.82, 2.24) is 5.01 Å². The maximum atomic E-state index is 15.3. The van der Waals surface area contributed by atoms with Gasteiger partial charge in [-0.15, -0.1) is 0 Å². The molecule has 0 aromatic heterocycles. The Morgan fingerprint density at radius 1 is 0.863 bits per heavy atom. The summed E-state index contributed by atoms with van der Waals surface area (Å²) in [7, 11) is 0. The summed E-state index contributed by atoms with van der Waals surface area (Å²) in [4.78, 5) is 59.3. The zero-order valence-electron chi connectivity index (χ0n) is 26.9. The van der Waals surface area contributed by atoms with Gasteiger partial charge < -0.3 is 5.11 Å². The highest BCUT2D eigenvalue weighted by molar-refractivity contribution is 6.30. The van der Waals surface area contributed by atoms with E-state index in [0.717, 1.165) is 16.6 Å². The maximum Gasteiger partial charge on any atom is 0.260 e. The second-order valence-corrected chi connectivity index (χ2v) is 13.8. The third-order valence-electron chi connectivity index (χ3n) is 10.9. The fourth-order valence-electron chi connectivity index (χ4n) is 8.75. The molecule has 4 aromatic rings. The Kier molecular flexibility index (Phi) is 7.68. The van der Waals surface area contributed by atoms with Gasteiger partial charge in [-0.3, -0.25) is 29.5 Å². The summed E-state index contributed by atoms with van der Waals surface area (Å²) in [5.74, 6) is -8.38. The first kappa shape index (κ1) is 32.6. The molecule has 3 fully saturated rings. The molecule has 8 nitrogen and oxygen atoms in total. The molecule has 2 heterocycles. The first-order valence-corrected chi connectivity index (χ1v) is 16.9. The quantitative estimate of drug-likeness (QED) is 0.163. The molecular weight excluding hydrogens is 676 g/mol. The van der Waals surface area contributed by atoms with Gasteiger partial charge in [0.2, 0.25) is 11.8 Å². The van der Waals surface area contributed by atoms with E-state index in [1.807, 2.05) is 6.08 Å². The third-order valence-corrected chi connectivity index (χ3v) is 11.2. The van der Waals surface area contributed by atoms with Crippen molar-refractivity contribution in [3.8, 4) is 5.75 Å². The van der Waals surface area contributed by atoms with Gasteiger partial charge in [-0.25, -0.2) is 8.78 Å². The number of phenolic OH excluding ortho intramolecular Hbond substituents is 1. The lowest BCUT2D eigenvalue weighted by molar-refractivity contribution is -0.138. The van der Waals surface area contributed by atoms with Gasteiger partial charge in [0, 0.05) is 10.9 Å². The first-order chi connectivity index (χ1) is 24.5. The van der Waals surface area contributed by atoms with E-state index in [1.54, 1.807) is 54.6 Å². The van der Waals surface area contributed by atoms with Crippen LogP contribution in [0.5, 0.6) is 5.75 Å². The summed E-state index contributed by atoms with van der Waals surface area (Å²) in [6.07, 6.45) is 3.72. The third kappa shape index (κ3) is 4.84. The van der Waals surface area contributed by atoms with Crippen LogP contribution in [0.3, 0.4) is 0 Å². The van der Waals surface area contributed by atoms with Crippen LogP contribution in [0.1, 0.15) is 35.4 Å². The van der Waals surface area contributed by atoms with Gasteiger partial charge in [0.05, 0.1) is 34.5 Å². The number of rotatable bonds is 6. The van der Waals surface area contributed by atoms with Crippen molar-refractivity contribution in [2.24, 2.45) is 23.7 Å². The number of hydrogen-bond donors (Lipinski definition) is 2. The lowest BCUT2D eigenvalue weighted by atomic mass is 9.49. The molecule has 4 aromatic carbocycles. The standard InChI is InChI=1S/C40H30ClF2N3O5/c1-2-21-3-14-27(15-4-21)45-36(48)29-17-16-28-30(34(29)38(45)50)20-31-37(49)46(44-26-12-10-25(42)11-13-26)39(51)40(31,23-6-8-24(41)9-7-23)35(28)22-5-18-33(47)32(43)19-22/h2-16,18-19,29-31,34-35,44,47H,1,17,20H2. The Labute approximate surface area is 296 Å². The van der Waals surface area contributed by atoms with Gasteiger partial charge in [0.1, 0.15) is 5.82 Å². The van der Waals surface area contributed by atoms with Gasteiger partial charge in [0.25, 0.3) is 11.8 Å². The molecule has 6 unspecified atom stereocenters. The normalized spacial score (nSPS) is 26.8. The molecule has 0 bridgehead atoms. The summed E-state index contributed by atoms with van der Waals surface area (Å²) < 4.78 is 29.1. The second kappa shape index (κ2) is 12.0. The minimum atomic E-state index is -1.67. The van der Waals surface area contributed by atoms with Crippen molar-refractivity contribution in [2.75, 3.05) is 10.3 Å². The van der Waals surface area contributed by atoms with E-state index in [4.69, 9.17) is 11.6 Å². The lowest BCUT2D eigenvalue weighted by Crippen LogP contribution is -2.53. The van der Waals surface area contributed by atoms with Gasteiger partial charge in [-0.2, -0.15) is 5.01 Å². The van der Waals surface area contributed by atoms with Crippen LogP contribution in [-0.4, -0.2) is 33.7 Å². The predicted molar refractivity (Wildman–Crippen MR) is 186 cm³/mol. The molecule has 4 aliphatic rings. The van der Waals surface area contributed by atoms with E-state index in [9.17, 15) is 23.9 Å². The van der Waals surface area contributed by atoms with Gasteiger partial charge in [-0.1, -0.05) is 66.2 Å². The van der Waals surface area contributed by atoms with Crippen LogP contribution >= 0.6 is 11.6 Å². The second-order valence-electron chi connectivity index (χ2n) is 13.4. The molecule has 2 N–H and O–H groups in total. The average Bonchev–Trinajstić information content (AvgIpc) is 3.51. The minimum Gasteiger partial charge on any atom is -0.505 e. The van der Waals surface area contributed by atoms with Crippen LogP contribution in [-0.2, 0) is 24.6 Å². The number of hydrazine groups is 1. The van der Waals surface area contributed by atoms with Crippen molar-refractivity contribution in [2.45, 2.75) is 24.2 Å². The number of nitrogens with zero attached hydrogens (tertiary/aromatic N) is 2. The zero-order valence-corrected chi connectivity index (χ0v) is 27.7. The van der Waals surface area contributed by atoms with E-state index in [0.29, 0.717) is 27.4 Å². The highest BCUT2D eigenvalue weighted by Crippen LogP contribution is 2.64. The van der Waals surface area contributed by atoms with Crippen molar-refractivity contribution >= 4 is 52.7 Å². The van der Waals surface area contributed by atoms with Crippen molar-refractivity contribution in [1.29, 1.82) is 0 Å². The number of allylic oxidation sites excluding steroid dienone is 2. The van der Waals surface area contributed by atoms with Crippen LogP contribution in [0.25, 0.3) is 6.08 Å². The van der Waals surface area contributed by atoms with Crippen molar-refractivity contribution in [3.05, 3.63) is 143 Å². The largest absolute Gasteiger partial charge is 0.505 e. The number of fused-ring (bicyclic) bond motifs is 4. The number of phenols is 1. The molecule has 6 atom stereocenters. The maximum absolute atomic E-state index is 15.3. The molecule has 0 radical (unpaired) electrons. The zero-order chi connectivity index (χ0) is 35.8. The van der Waals surface area contributed by atoms with Gasteiger partial charge in [0.15, 0.2) is 11.6 Å². The van der Waals surface area contributed by atoms with E-state index in [2.05, 4.69) is 12.0 Å². The van der Waals surface area contributed by atoms with E-state index >= 15 is 9.18 Å². The van der Waals surface area contributed by atoms with E-state index in [1.165, 1.54) is 41.3 Å². The number of carbonyl (C=O) groups is 4. The van der Waals surface area contributed by atoms with Gasteiger partial charge >= 0.3 is 0 Å². The topological polar surface area (TPSA) is 107 Å². The monoisotopic (exact) mass is 705 g/mol. The predicted octanol–water partition coefficient (Wildman–Crippen LogP) is 7.16. The molecule has 1 saturated carbocycles. The summed E-state index contributed by atoms with van der Waals surface area (Å²) in [6.45, 7) is 3.76. The number of aromatic hydroxyl groups is 1. The molecule has 2 aliphatic heterocycles. The van der Waals surface area contributed by atoms with E-state index < -0.39 is 70.1 Å². The molecule has 8 rings (SSSR count). The Morgan fingerprint density at radius 2 is 1.57 bits per heavy atom. The molecule has 2 aliphatic carbocycles. The number of benzene rings is 4. The Bertz CT molecular complexity index is 2170. The molecule has 0 spiro atoms. The molecule has 11 heteroatoms. The van der Waals surface area contributed by atoms with Crippen LogP contribution in [0, 0.1) is 35.3 Å². The number of carbonyl (C=O) groups excluding carboxylic acids is 4. The molecule has 256 valence electrons. The molecule has 4 amide bonds. The smallest absolute Gasteiger partial charge is 0.260 e. The Hall–Kier alpha value is -5.61. The molecule has 2 saturated heterocycles. The molecule has 51 heavy (non-hydrogen) atoms. The summed E-state index contributed by atoms with van der Waals surface area (Å²) >= 11 is 6.31. The average molecular weight is 706 g/mol.